The number of carbonyl (C=O) groups excluding carboxylic acids is 1. The van der Waals surface area contributed by atoms with Crippen molar-refractivity contribution in [1.82, 2.24) is 19.5 Å². The average molecular weight is 339 g/mol. The monoisotopic (exact) mass is 338 g/mol. The van der Waals surface area contributed by atoms with Gasteiger partial charge >= 0.3 is 0 Å². The quantitative estimate of drug-likeness (QED) is 0.825. The number of nitrogens with one attached hydrogen (secondary N) is 1. The van der Waals surface area contributed by atoms with Gasteiger partial charge in [0.25, 0.3) is 10.0 Å². The van der Waals surface area contributed by atoms with Gasteiger partial charge < -0.3 is 5.32 Å². The van der Waals surface area contributed by atoms with E-state index in [1.54, 1.807) is 7.05 Å². The molecule has 0 atom stereocenters. The zero-order valence-electron chi connectivity index (χ0n) is 10.9. The molecule has 1 saturated heterocycles. The van der Waals surface area contributed by atoms with Gasteiger partial charge in [-0.15, -0.1) is 0 Å². The van der Waals surface area contributed by atoms with Gasteiger partial charge in [-0.2, -0.15) is 4.31 Å². The van der Waals surface area contributed by atoms with Crippen molar-refractivity contribution in [3.05, 3.63) is 10.7 Å². The molecule has 20 heavy (non-hydrogen) atoms. The second-order valence-corrected chi connectivity index (χ2v) is 8.06. The normalized spacial score (nSPS) is 18.1. The van der Waals surface area contributed by atoms with E-state index in [0.717, 1.165) is 11.3 Å². The maximum absolute atomic E-state index is 12.3. The Hall–Kier alpha value is -0.740. The molecule has 0 spiro atoms. The molecule has 1 aromatic heterocycles. The number of nitrogens with zero attached hydrogens (tertiary/aromatic N) is 3. The number of amides is 1. The molecule has 1 aromatic rings. The lowest BCUT2D eigenvalue weighted by Gasteiger charge is -2.32. The van der Waals surface area contributed by atoms with Crippen LogP contribution < -0.4 is 5.32 Å². The first-order valence-corrected chi connectivity index (χ1v) is 8.61. The van der Waals surface area contributed by atoms with E-state index < -0.39 is 10.0 Å². The third kappa shape index (κ3) is 3.47. The van der Waals surface area contributed by atoms with Crippen molar-refractivity contribution in [3.8, 4) is 0 Å². The summed E-state index contributed by atoms with van der Waals surface area (Å²) in [5, 5.41) is 2.55. The smallest absolute Gasteiger partial charge is 0.254 e. The standard InChI is InChI=1S/C10H15ClN4O3S2/c1-12-8(16)7-14-2-4-15(5-3-14)20(17,18)9-6-13-10(11)19-9/h6H,2-5,7H2,1H3,(H,12,16). The molecule has 2 heterocycles. The molecule has 1 aliphatic rings. The molecule has 0 unspecified atom stereocenters. The summed E-state index contributed by atoms with van der Waals surface area (Å²) in [6.07, 6.45) is 1.28. The highest BCUT2D eigenvalue weighted by Gasteiger charge is 2.30. The minimum absolute atomic E-state index is 0.0736. The van der Waals surface area contributed by atoms with Crippen molar-refractivity contribution < 1.29 is 13.2 Å². The Morgan fingerprint density at radius 2 is 2.10 bits per heavy atom. The molecule has 10 heteroatoms. The molecular formula is C10H15ClN4O3S2. The van der Waals surface area contributed by atoms with Crippen LogP contribution in [0.1, 0.15) is 0 Å². The molecule has 0 aliphatic carbocycles. The van der Waals surface area contributed by atoms with Gasteiger partial charge in [-0.1, -0.05) is 22.9 Å². The predicted octanol–water partition coefficient (Wildman–Crippen LogP) is -0.151. The van der Waals surface area contributed by atoms with Gasteiger partial charge in [0.1, 0.15) is 0 Å². The molecule has 0 aromatic carbocycles. The minimum Gasteiger partial charge on any atom is -0.358 e. The minimum atomic E-state index is -3.52. The summed E-state index contributed by atoms with van der Waals surface area (Å²) in [6, 6.07) is 0. The topological polar surface area (TPSA) is 82.6 Å². The van der Waals surface area contributed by atoms with E-state index in [9.17, 15) is 13.2 Å². The van der Waals surface area contributed by atoms with Crippen LogP contribution in [0.4, 0.5) is 0 Å². The van der Waals surface area contributed by atoms with Crippen molar-refractivity contribution >= 4 is 38.9 Å². The number of carbonyl (C=O) groups is 1. The first-order chi connectivity index (χ1) is 9.43. The highest BCUT2D eigenvalue weighted by Crippen LogP contribution is 2.26. The van der Waals surface area contributed by atoms with Gasteiger partial charge in [0.05, 0.1) is 12.7 Å². The van der Waals surface area contributed by atoms with Gasteiger partial charge in [0.15, 0.2) is 8.68 Å². The van der Waals surface area contributed by atoms with Gasteiger partial charge in [0, 0.05) is 33.2 Å². The Balaban J connectivity index is 1.98. The largest absolute Gasteiger partial charge is 0.358 e. The molecule has 1 fully saturated rings. The number of piperazine rings is 1. The summed E-state index contributed by atoms with van der Waals surface area (Å²) < 4.78 is 26.4. The molecule has 7 nitrogen and oxygen atoms in total. The van der Waals surface area contributed by atoms with Crippen LogP contribution in [-0.4, -0.2) is 68.3 Å². The lowest BCUT2D eigenvalue weighted by atomic mass is 10.3. The molecule has 112 valence electrons. The van der Waals surface area contributed by atoms with Crippen LogP contribution in [0, 0.1) is 0 Å². The summed E-state index contributed by atoms with van der Waals surface area (Å²) in [5.74, 6) is -0.0736. The van der Waals surface area contributed by atoms with Crippen LogP contribution in [0.5, 0.6) is 0 Å². The van der Waals surface area contributed by atoms with Gasteiger partial charge in [-0.05, 0) is 0 Å². The molecular weight excluding hydrogens is 324 g/mol. The van der Waals surface area contributed by atoms with E-state index in [2.05, 4.69) is 10.3 Å². The molecule has 0 bridgehead atoms. The number of hydrogen-bond donors (Lipinski definition) is 1. The molecule has 1 N–H and O–H groups in total. The number of thiazole rings is 1. The van der Waals surface area contributed by atoms with E-state index in [0.29, 0.717) is 26.2 Å². The Kier molecular flexibility index (Phi) is 4.97. The predicted molar refractivity (Wildman–Crippen MR) is 76.4 cm³/mol. The van der Waals surface area contributed by atoms with Crippen LogP contribution in [-0.2, 0) is 14.8 Å². The lowest BCUT2D eigenvalue weighted by molar-refractivity contribution is -0.122. The fraction of sp³-hybridized carbons (Fsp3) is 0.600. The first-order valence-electron chi connectivity index (χ1n) is 5.98. The number of sulfonamides is 1. The molecule has 1 aliphatic heterocycles. The Labute approximate surface area is 126 Å². The second-order valence-electron chi connectivity index (χ2n) is 4.29. The van der Waals surface area contributed by atoms with Crippen molar-refractivity contribution in [2.24, 2.45) is 0 Å². The van der Waals surface area contributed by atoms with Crippen molar-refractivity contribution in [2.75, 3.05) is 39.8 Å². The van der Waals surface area contributed by atoms with Crippen LogP contribution >= 0.6 is 22.9 Å². The van der Waals surface area contributed by atoms with Gasteiger partial charge in [0.2, 0.25) is 5.91 Å². The number of rotatable bonds is 4. The van der Waals surface area contributed by atoms with Crippen LogP contribution in [0.15, 0.2) is 10.4 Å². The number of halogens is 1. The summed E-state index contributed by atoms with van der Waals surface area (Å²) in [6.45, 7) is 2.05. The third-order valence-corrected chi connectivity index (χ3v) is 6.48. The Morgan fingerprint density at radius 3 is 2.60 bits per heavy atom. The average Bonchev–Trinajstić information content (AvgIpc) is 2.86. The summed E-state index contributed by atoms with van der Waals surface area (Å²) >= 11 is 6.62. The van der Waals surface area contributed by atoms with E-state index in [-0.39, 0.29) is 21.1 Å². The molecule has 0 saturated carbocycles. The maximum atomic E-state index is 12.3. The van der Waals surface area contributed by atoms with Crippen molar-refractivity contribution in [1.29, 1.82) is 0 Å². The summed E-state index contributed by atoms with van der Waals surface area (Å²) in [4.78, 5) is 17.0. The van der Waals surface area contributed by atoms with Crippen LogP contribution in [0.25, 0.3) is 0 Å². The first kappa shape index (κ1) is 15.6. The summed E-state index contributed by atoms with van der Waals surface area (Å²) in [5.41, 5.74) is 0. The van der Waals surface area contributed by atoms with E-state index in [4.69, 9.17) is 11.6 Å². The van der Waals surface area contributed by atoms with E-state index in [1.807, 2.05) is 4.90 Å². The fourth-order valence-electron chi connectivity index (χ4n) is 1.90. The number of likely N-dealkylation sites (N-methyl/N-ethyl adjacent to an activating group) is 1. The fourth-order valence-corrected chi connectivity index (χ4v) is 4.77. The van der Waals surface area contributed by atoms with Crippen LogP contribution in [0.3, 0.4) is 0 Å². The van der Waals surface area contributed by atoms with Gasteiger partial charge in [-0.25, -0.2) is 13.4 Å². The number of aromatic nitrogens is 1. The highest BCUT2D eigenvalue weighted by atomic mass is 35.5. The zero-order valence-corrected chi connectivity index (χ0v) is 13.3. The van der Waals surface area contributed by atoms with E-state index >= 15 is 0 Å². The summed E-state index contributed by atoms with van der Waals surface area (Å²) in [7, 11) is -1.94. The third-order valence-electron chi connectivity index (χ3n) is 3.03. The molecule has 1 amide bonds. The second kappa shape index (κ2) is 6.35. The Bertz CT molecular complexity index is 581. The van der Waals surface area contributed by atoms with Crippen molar-refractivity contribution in [3.63, 3.8) is 0 Å². The molecule has 0 radical (unpaired) electrons. The zero-order chi connectivity index (χ0) is 14.8. The van der Waals surface area contributed by atoms with Crippen LogP contribution in [0.2, 0.25) is 4.47 Å². The van der Waals surface area contributed by atoms with E-state index in [1.165, 1.54) is 10.5 Å². The SMILES string of the molecule is CNC(=O)CN1CCN(S(=O)(=O)c2cnc(Cl)s2)CC1. The maximum Gasteiger partial charge on any atom is 0.254 e. The number of hydrogen-bond acceptors (Lipinski definition) is 6. The lowest BCUT2D eigenvalue weighted by Crippen LogP contribution is -2.50. The van der Waals surface area contributed by atoms with Crippen molar-refractivity contribution in [2.45, 2.75) is 4.21 Å². The Morgan fingerprint density at radius 1 is 1.45 bits per heavy atom. The molecule has 2 rings (SSSR count). The highest BCUT2D eigenvalue weighted by molar-refractivity contribution is 7.91. The van der Waals surface area contributed by atoms with Gasteiger partial charge in [-0.3, -0.25) is 9.69 Å².